The second kappa shape index (κ2) is 22.5. The highest BCUT2D eigenvalue weighted by molar-refractivity contribution is 7.48. The molecule has 22 heteroatoms. The number of aliphatic carboxylic acids is 2. The van der Waals surface area contributed by atoms with Crippen LogP contribution in [0.1, 0.15) is 78.1 Å². The van der Waals surface area contributed by atoms with Crippen LogP contribution in [0.25, 0.3) is 11.2 Å². The number of carboxylic acids is 2. The number of fused-ring (bicyclic) bond motifs is 1. The average molecular weight is 900 g/mol. The van der Waals surface area contributed by atoms with Gasteiger partial charge in [0.1, 0.15) is 0 Å². The molecule has 5 aromatic rings. The number of phosphoric acid groups is 1. The van der Waals surface area contributed by atoms with Crippen molar-refractivity contribution >= 4 is 65.6 Å². The SMILES string of the molecule is CC(CCC(=O)O)C(=O)O.CCOP(=O)(OCC)OCCc1ccc(NC(=O)c2ccc(C(F)(F)F)cc2Nc2nc3ncc(CNc4ccc(C(C)=O)cc4)nc3c(=O)[nH]2)cc1. The molecular weight excluding hydrogens is 854 g/mol. The lowest BCUT2D eigenvalue weighted by molar-refractivity contribution is -0.142. The van der Waals surface area contributed by atoms with Crippen molar-refractivity contribution in [1.29, 1.82) is 0 Å². The third-order valence-electron chi connectivity index (χ3n) is 8.72. The molecule has 1 unspecified atom stereocenters. The highest BCUT2D eigenvalue weighted by Crippen LogP contribution is 2.49. The first-order valence-corrected chi connectivity index (χ1v) is 20.7. The second-order valence-corrected chi connectivity index (χ2v) is 15.2. The van der Waals surface area contributed by atoms with Gasteiger partial charge < -0.3 is 26.2 Å². The van der Waals surface area contributed by atoms with E-state index in [-0.39, 0.29) is 73.4 Å². The predicted octanol–water partition coefficient (Wildman–Crippen LogP) is 7.85. The normalized spacial score (nSPS) is 11.9. The van der Waals surface area contributed by atoms with Crippen molar-refractivity contribution in [2.45, 2.75) is 59.7 Å². The zero-order valence-corrected chi connectivity index (χ0v) is 35.3. The van der Waals surface area contributed by atoms with Gasteiger partial charge in [-0.05, 0) is 93.8 Å². The van der Waals surface area contributed by atoms with Crippen LogP contribution >= 0.6 is 7.82 Å². The largest absolute Gasteiger partial charge is 0.481 e. The van der Waals surface area contributed by atoms with Gasteiger partial charge in [0.05, 0.1) is 61.0 Å². The Hall–Kier alpha value is -6.54. The van der Waals surface area contributed by atoms with Crippen molar-refractivity contribution in [2.75, 3.05) is 35.8 Å². The number of ketones is 1. The Balaban J connectivity index is 0.000000775. The fourth-order valence-corrected chi connectivity index (χ4v) is 6.55. The van der Waals surface area contributed by atoms with E-state index in [9.17, 15) is 41.7 Å². The Kier molecular flexibility index (Phi) is 17.6. The molecule has 1 atom stereocenters. The number of phosphoric ester groups is 1. The summed E-state index contributed by atoms with van der Waals surface area (Å²) >= 11 is 0. The Morgan fingerprint density at radius 1 is 0.905 bits per heavy atom. The zero-order valence-electron chi connectivity index (χ0n) is 34.4. The van der Waals surface area contributed by atoms with Crippen LogP contribution in [0, 0.1) is 5.92 Å². The number of hydrogen-bond acceptors (Lipinski definition) is 14. The van der Waals surface area contributed by atoms with E-state index in [2.05, 4.69) is 35.9 Å². The highest BCUT2D eigenvalue weighted by Gasteiger charge is 2.32. The van der Waals surface area contributed by atoms with Gasteiger partial charge in [-0.2, -0.15) is 18.2 Å². The molecule has 0 aliphatic rings. The number of aromatic amines is 1. The van der Waals surface area contributed by atoms with Gasteiger partial charge in [-0.3, -0.25) is 42.5 Å². The van der Waals surface area contributed by atoms with Crippen LogP contribution in [-0.4, -0.2) is 73.6 Å². The minimum absolute atomic E-state index is 0.0390. The average Bonchev–Trinajstić information content (AvgIpc) is 3.23. The zero-order chi connectivity index (χ0) is 46.3. The fraction of sp³-hybridized carbons (Fsp3) is 0.317. The number of nitrogens with zero attached hydrogens (tertiary/aromatic N) is 3. The lowest BCUT2D eigenvalue weighted by Gasteiger charge is -2.16. The number of carboxylic acid groups (broad SMARTS) is 2. The van der Waals surface area contributed by atoms with Crippen molar-refractivity contribution in [2.24, 2.45) is 5.92 Å². The molecule has 0 aliphatic carbocycles. The number of carbonyl (C=O) groups is 4. The van der Waals surface area contributed by atoms with Gasteiger partial charge >= 0.3 is 25.9 Å². The molecule has 2 aromatic heterocycles. The minimum atomic E-state index is -4.74. The van der Waals surface area contributed by atoms with Crippen LogP contribution in [-0.2, 0) is 46.9 Å². The second-order valence-electron chi connectivity index (χ2n) is 13.5. The first-order chi connectivity index (χ1) is 29.8. The van der Waals surface area contributed by atoms with Crippen molar-refractivity contribution in [1.82, 2.24) is 19.9 Å². The fourth-order valence-electron chi connectivity index (χ4n) is 5.38. The van der Waals surface area contributed by atoms with E-state index in [4.69, 9.17) is 23.8 Å². The third kappa shape index (κ3) is 15.1. The monoisotopic (exact) mass is 899 g/mol. The molecule has 5 rings (SSSR count). The lowest BCUT2D eigenvalue weighted by Crippen LogP contribution is -2.18. The molecular formula is C41H45F3N7O11P. The maximum Gasteiger partial charge on any atom is 0.474 e. The van der Waals surface area contributed by atoms with Gasteiger partial charge in [0.15, 0.2) is 16.9 Å². The van der Waals surface area contributed by atoms with Crippen molar-refractivity contribution < 1.29 is 60.7 Å². The number of anilines is 4. The first-order valence-electron chi connectivity index (χ1n) is 19.3. The number of alkyl halides is 3. The van der Waals surface area contributed by atoms with Crippen LogP contribution in [0.5, 0.6) is 0 Å². The van der Waals surface area contributed by atoms with Gasteiger partial charge in [0.2, 0.25) is 5.95 Å². The van der Waals surface area contributed by atoms with Gasteiger partial charge in [-0.25, -0.2) is 14.5 Å². The Morgan fingerprint density at radius 2 is 1.56 bits per heavy atom. The molecule has 1 amide bonds. The maximum atomic E-state index is 13.7. The summed E-state index contributed by atoms with van der Waals surface area (Å²) in [5, 5.41) is 24.9. The third-order valence-corrected chi connectivity index (χ3v) is 10.4. The smallest absolute Gasteiger partial charge is 0.474 e. The number of benzene rings is 3. The Labute approximate surface area is 358 Å². The van der Waals surface area contributed by atoms with Gasteiger partial charge in [-0.15, -0.1) is 0 Å². The van der Waals surface area contributed by atoms with E-state index in [1.165, 1.54) is 20.0 Å². The number of H-pyrrole nitrogens is 1. The summed E-state index contributed by atoms with van der Waals surface area (Å²) in [5.74, 6) is -3.54. The molecule has 0 bridgehead atoms. The Morgan fingerprint density at radius 3 is 2.14 bits per heavy atom. The summed E-state index contributed by atoms with van der Waals surface area (Å²) in [6.07, 6.45) is -2.88. The summed E-state index contributed by atoms with van der Waals surface area (Å²) < 4.78 is 69.2. The highest BCUT2D eigenvalue weighted by atomic mass is 31.2. The molecule has 0 saturated carbocycles. The van der Waals surface area contributed by atoms with Crippen LogP contribution in [0.3, 0.4) is 0 Å². The minimum Gasteiger partial charge on any atom is -0.481 e. The van der Waals surface area contributed by atoms with E-state index in [0.29, 0.717) is 29.1 Å². The van der Waals surface area contributed by atoms with Crippen molar-refractivity contribution in [3.05, 3.63) is 111 Å². The number of rotatable bonds is 20. The van der Waals surface area contributed by atoms with Crippen LogP contribution in [0.15, 0.2) is 77.7 Å². The number of nitrogens with one attached hydrogen (secondary N) is 4. The van der Waals surface area contributed by atoms with Crippen LogP contribution < -0.4 is 21.5 Å². The van der Waals surface area contributed by atoms with E-state index >= 15 is 0 Å². The summed E-state index contributed by atoms with van der Waals surface area (Å²) in [6, 6.07) is 15.9. The number of halogens is 3. The summed E-state index contributed by atoms with van der Waals surface area (Å²) in [5.41, 5.74) is 0.341. The molecule has 336 valence electrons. The standard InChI is InChI=1S/C35H35F3N7O7P.C6H10O4/c1-4-50-53(49,51-5-2)52-17-16-22-6-11-26(12-7-22)42-32(47)28-15-10-24(35(36,37)38)18-29(28)43-34-44-31-30(33(48)45-34)41-27(20-40-31)19-39-25-13-8-23(9-14-25)21(3)46;1-4(6(9)10)2-3-5(7)8/h6-15,18,20,39H,4-5,16-17,19H2,1-3H3,(H,42,47)(H2,40,43,44,45,48);4H,2-3H2,1H3,(H,7,8)(H,9,10). The molecule has 63 heavy (non-hydrogen) atoms. The van der Waals surface area contributed by atoms with Gasteiger partial charge in [0, 0.05) is 23.4 Å². The number of amides is 1. The summed E-state index contributed by atoms with van der Waals surface area (Å²) in [7, 11) is -3.67. The topological polar surface area (TPSA) is 261 Å². The van der Waals surface area contributed by atoms with E-state index in [0.717, 1.165) is 23.8 Å². The summed E-state index contributed by atoms with van der Waals surface area (Å²) in [6.45, 7) is 6.81. The van der Waals surface area contributed by atoms with Crippen LogP contribution in [0.2, 0.25) is 0 Å². The quantitative estimate of drug-likeness (QED) is 0.0321. The molecule has 0 spiro atoms. The lowest BCUT2D eigenvalue weighted by atomic mass is 10.1. The number of Topliss-reactive ketones (excluding diaryl/α,β-unsaturated/α-hetero) is 1. The molecule has 0 fully saturated rings. The number of hydrogen-bond donors (Lipinski definition) is 6. The summed E-state index contributed by atoms with van der Waals surface area (Å²) in [4.78, 5) is 73.1. The van der Waals surface area contributed by atoms with Gasteiger partial charge in [0.25, 0.3) is 11.5 Å². The maximum absolute atomic E-state index is 13.7. The molecule has 0 aliphatic heterocycles. The number of carbonyl (C=O) groups excluding carboxylic acids is 2. The molecule has 18 nitrogen and oxygen atoms in total. The predicted molar refractivity (Wildman–Crippen MR) is 225 cm³/mol. The van der Waals surface area contributed by atoms with E-state index < -0.39 is 48.9 Å². The first kappa shape index (κ1) is 49.1. The van der Waals surface area contributed by atoms with Crippen molar-refractivity contribution in [3.63, 3.8) is 0 Å². The van der Waals surface area contributed by atoms with Gasteiger partial charge in [-0.1, -0.05) is 19.1 Å². The van der Waals surface area contributed by atoms with Crippen molar-refractivity contribution in [3.8, 4) is 0 Å². The molecule has 0 radical (unpaired) electrons. The van der Waals surface area contributed by atoms with E-state index in [1.807, 2.05) is 0 Å². The van der Waals surface area contributed by atoms with Crippen LogP contribution in [0.4, 0.5) is 36.2 Å². The molecule has 6 N–H and O–H groups in total. The molecule has 2 heterocycles. The molecule has 3 aromatic carbocycles. The molecule has 0 saturated heterocycles. The van der Waals surface area contributed by atoms with E-state index in [1.54, 1.807) is 62.4 Å². The Bertz CT molecular complexity index is 2490. The number of aromatic nitrogens is 4.